The highest BCUT2D eigenvalue weighted by Gasteiger charge is 1.94. The van der Waals surface area contributed by atoms with Crippen molar-refractivity contribution in [1.29, 1.82) is 0 Å². The monoisotopic (exact) mass is 174 g/mol. The van der Waals surface area contributed by atoms with Crippen LogP contribution in [0.4, 0.5) is 0 Å². The highest BCUT2D eigenvalue weighted by molar-refractivity contribution is 6.21. The van der Waals surface area contributed by atoms with E-state index in [9.17, 15) is 0 Å². The van der Waals surface area contributed by atoms with Gasteiger partial charge in [-0.25, -0.2) is 0 Å². The third-order valence-corrected chi connectivity index (χ3v) is 1.07. The van der Waals surface area contributed by atoms with E-state index in [1.165, 1.54) is 0 Å². The third-order valence-electron chi connectivity index (χ3n) is 0.356. The lowest BCUT2D eigenvalue weighted by molar-refractivity contribution is 0.222. The first-order valence-electron chi connectivity index (χ1n) is 2.63. The van der Waals surface area contributed by atoms with Crippen LogP contribution in [0.3, 0.4) is 0 Å². The summed E-state index contributed by atoms with van der Waals surface area (Å²) in [7, 11) is 0. The molecule has 0 heterocycles. The topological polar surface area (TPSA) is 40.5 Å². The zero-order valence-electron chi connectivity index (χ0n) is 5.35. The van der Waals surface area contributed by atoms with E-state index in [0.29, 0.717) is 0 Å². The van der Waals surface area contributed by atoms with Crippen molar-refractivity contribution in [1.82, 2.24) is 0 Å². The van der Waals surface area contributed by atoms with Crippen LogP contribution in [-0.4, -0.2) is 34.7 Å². The largest absolute Gasteiger partial charge is 0.397 e. The summed E-state index contributed by atoms with van der Waals surface area (Å²) in [6, 6.07) is 0. The lowest BCUT2D eigenvalue weighted by Gasteiger charge is -1.94. The molecule has 0 aromatic rings. The number of hydrogen-bond acceptors (Lipinski definition) is 2. The van der Waals surface area contributed by atoms with Gasteiger partial charge >= 0.3 is 0 Å². The molecule has 0 unspecified atom stereocenters. The van der Waals surface area contributed by atoms with E-state index in [0.717, 1.165) is 0 Å². The summed E-state index contributed by atoms with van der Waals surface area (Å²) in [4.78, 5) is 0. The minimum atomic E-state index is -0.534. The predicted octanol–water partition coefficient (Wildman–Crippen LogP) is 0.824. The fraction of sp³-hybridized carbons (Fsp3) is 1.00. The fourth-order valence-electron chi connectivity index (χ4n) is 0.0412. The lowest BCUT2D eigenvalue weighted by Crippen LogP contribution is -2.08. The van der Waals surface area contributed by atoms with E-state index >= 15 is 0 Å². The molecule has 9 heavy (non-hydrogen) atoms. The molecule has 0 amide bonds. The van der Waals surface area contributed by atoms with E-state index < -0.39 is 6.10 Å². The summed E-state index contributed by atoms with van der Waals surface area (Å²) in [6.07, 6.45) is -0.534. The number of aliphatic hydroxyl groups excluding tert-OH is 2. The molecule has 2 N–H and O–H groups in total. The zero-order chi connectivity index (χ0) is 7.70. The van der Waals surface area contributed by atoms with Crippen molar-refractivity contribution >= 4 is 23.2 Å². The van der Waals surface area contributed by atoms with E-state index in [-0.39, 0.29) is 18.4 Å². The van der Waals surface area contributed by atoms with Gasteiger partial charge in [-0.1, -0.05) is 0 Å². The Kier molecular flexibility index (Phi) is 15.3. The average molecular weight is 175 g/mol. The molecule has 0 radical (unpaired) electrons. The summed E-state index contributed by atoms with van der Waals surface area (Å²) in [5, 5.41) is 16.0. The van der Waals surface area contributed by atoms with E-state index in [4.69, 9.17) is 33.4 Å². The molecule has 0 fully saturated rings. The Morgan fingerprint density at radius 3 is 1.56 bits per heavy atom. The summed E-state index contributed by atoms with van der Waals surface area (Å²) in [5.74, 6) is 0.451. The molecular weight excluding hydrogens is 163 g/mol. The molecule has 0 bridgehead atoms. The smallest absolute Gasteiger partial charge is 0.0810 e. The Morgan fingerprint density at radius 1 is 1.33 bits per heavy atom. The van der Waals surface area contributed by atoms with Gasteiger partial charge in [0.1, 0.15) is 0 Å². The van der Waals surface area contributed by atoms with Gasteiger partial charge < -0.3 is 10.2 Å². The second-order valence-electron chi connectivity index (χ2n) is 1.28. The quantitative estimate of drug-likeness (QED) is 0.610. The molecule has 0 atom stereocenters. The maximum Gasteiger partial charge on any atom is 0.0810 e. The maximum atomic E-state index is 8.40. The van der Waals surface area contributed by atoms with Crippen molar-refractivity contribution in [3.63, 3.8) is 0 Å². The molecule has 0 aliphatic heterocycles. The van der Waals surface area contributed by atoms with Crippen molar-refractivity contribution in [3.8, 4) is 0 Å². The van der Waals surface area contributed by atoms with Gasteiger partial charge in [0.2, 0.25) is 0 Å². The van der Waals surface area contributed by atoms with E-state index in [2.05, 4.69) is 0 Å². The van der Waals surface area contributed by atoms with Gasteiger partial charge in [0.25, 0.3) is 0 Å². The first-order valence-corrected chi connectivity index (χ1v) is 3.70. The van der Waals surface area contributed by atoms with Gasteiger partial charge in [-0.3, -0.25) is 0 Å². The van der Waals surface area contributed by atoms with Crippen molar-refractivity contribution in [2.75, 3.05) is 18.4 Å². The van der Waals surface area contributed by atoms with Crippen molar-refractivity contribution < 1.29 is 10.2 Å². The summed E-state index contributed by atoms with van der Waals surface area (Å²) in [6.45, 7) is 1.93. The molecule has 0 aliphatic rings. The van der Waals surface area contributed by atoms with E-state index in [1.807, 2.05) is 0 Å². The molecule has 0 rings (SSSR count). The number of hydrogen-bond donors (Lipinski definition) is 2. The van der Waals surface area contributed by atoms with E-state index in [1.54, 1.807) is 6.92 Å². The summed E-state index contributed by atoms with van der Waals surface area (Å²) >= 11 is 10.2. The Morgan fingerprint density at radius 2 is 1.56 bits per heavy atom. The van der Waals surface area contributed by atoms with Crippen molar-refractivity contribution in [2.45, 2.75) is 13.0 Å². The van der Waals surface area contributed by atoms with Crippen molar-refractivity contribution in [3.05, 3.63) is 0 Å². The molecule has 4 heteroatoms. The standard InChI is InChI=1S/C3H6Cl2O.C2H6O/c4-1-3(6)2-5;1-2-3/h3,6H,1-2H2;3H,2H2,1H3. The second-order valence-corrected chi connectivity index (χ2v) is 1.90. The van der Waals surface area contributed by atoms with Crippen LogP contribution in [0, 0.1) is 0 Å². The summed E-state index contributed by atoms with van der Waals surface area (Å²) < 4.78 is 0. The Labute approximate surface area is 65.4 Å². The molecule has 58 valence electrons. The van der Waals surface area contributed by atoms with Crippen LogP contribution in [0.2, 0.25) is 0 Å². The Hall–Kier alpha value is 0.500. The number of rotatable bonds is 2. The van der Waals surface area contributed by atoms with Gasteiger partial charge in [-0.05, 0) is 6.92 Å². The molecule has 0 saturated carbocycles. The molecule has 0 aromatic carbocycles. The van der Waals surface area contributed by atoms with Crippen LogP contribution in [0.5, 0.6) is 0 Å². The third kappa shape index (κ3) is 17.7. The van der Waals surface area contributed by atoms with Gasteiger partial charge in [0.15, 0.2) is 0 Å². The van der Waals surface area contributed by atoms with Gasteiger partial charge in [0.05, 0.1) is 6.10 Å². The molecule has 0 spiro atoms. The first kappa shape index (κ1) is 12.2. The van der Waals surface area contributed by atoms with Crippen LogP contribution in [0.25, 0.3) is 0 Å². The second kappa shape index (κ2) is 11.3. The van der Waals surface area contributed by atoms with Gasteiger partial charge in [0, 0.05) is 18.4 Å². The zero-order valence-corrected chi connectivity index (χ0v) is 6.86. The highest BCUT2D eigenvalue weighted by atomic mass is 35.5. The number of alkyl halides is 2. The van der Waals surface area contributed by atoms with Crippen LogP contribution in [0.1, 0.15) is 6.92 Å². The molecule has 2 nitrogen and oxygen atoms in total. The summed E-state index contributed by atoms with van der Waals surface area (Å²) in [5.41, 5.74) is 0. The normalized spacial score (nSPS) is 8.67. The first-order chi connectivity index (χ1) is 4.22. The number of aliphatic hydroxyl groups is 2. The Balaban J connectivity index is 0. The minimum Gasteiger partial charge on any atom is -0.397 e. The number of halogens is 2. The minimum absolute atomic E-state index is 0.226. The lowest BCUT2D eigenvalue weighted by atomic mass is 10.5. The highest BCUT2D eigenvalue weighted by Crippen LogP contribution is 1.88. The molecule has 0 saturated heterocycles. The predicted molar refractivity (Wildman–Crippen MR) is 40.2 cm³/mol. The van der Waals surface area contributed by atoms with Crippen LogP contribution < -0.4 is 0 Å². The fourth-order valence-corrected chi connectivity index (χ4v) is 0.371. The van der Waals surface area contributed by atoms with Crippen LogP contribution >= 0.6 is 23.2 Å². The Bertz CT molecular complexity index is 39.9. The van der Waals surface area contributed by atoms with Crippen LogP contribution in [-0.2, 0) is 0 Å². The van der Waals surface area contributed by atoms with Crippen LogP contribution in [0.15, 0.2) is 0 Å². The van der Waals surface area contributed by atoms with Gasteiger partial charge in [-0.2, -0.15) is 0 Å². The van der Waals surface area contributed by atoms with Crippen molar-refractivity contribution in [2.24, 2.45) is 0 Å². The maximum absolute atomic E-state index is 8.40. The molecular formula is C5H12Cl2O2. The van der Waals surface area contributed by atoms with Gasteiger partial charge in [-0.15, -0.1) is 23.2 Å². The SMILES string of the molecule is CCO.OC(CCl)CCl. The molecule has 0 aliphatic carbocycles. The molecule has 0 aromatic heterocycles. The average Bonchev–Trinajstić information content (AvgIpc) is 1.88.